The van der Waals surface area contributed by atoms with E-state index in [9.17, 15) is 9.59 Å². The molecule has 0 aliphatic heterocycles. The Labute approximate surface area is 188 Å². The molecule has 0 bridgehead atoms. The van der Waals surface area contributed by atoms with Crippen molar-refractivity contribution in [3.63, 3.8) is 0 Å². The van der Waals surface area contributed by atoms with Crippen LogP contribution >= 0.6 is 23.2 Å². The van der Waals surface area contributed by atoms with Gasteiger partial charge in [0, 0.05) is 17.7 Å². The Balaban J connectivity index is 1.52. The number of hydrogen-bond acceptors (Lipinski definition) is 5. The molecule has 0 radical (unpaired) electrons. The second-order valence-electron chi connectivity index (χ2n) is 6.83. The molecule has 2 aromatic carbocycles. The number of amides is 1. The molecule has 1 amide bonds. The van der Waals surface area contributed by atoms with Gasteiger partial charge in [0.15, 0.2) is 17.2 Å². The van der Waals surface area contributed by atoms with E-state index in [2.05, 4.69) is 20.7 Å². The molecule has 0 atom stereocenters. The summed E-state index contributed by atoms with van der Waals surface area (Å²) >= 11 is 12.0. The van der Waals surface area contributed by atoms with Crippen LogP contribution in [0.1, 0.15) is 33.2 Å². The average molecular weight is 454 g/mol. The molecule has 0 spiro atoms. The lowest BCUT2D eigenvalue weighted by molar-refractivity contribution is 0.101. The number of nitrogens with zero attached hydrogens (tertiary/aromatic N) is 3. The number of anilines is 2. The summed E-state index contributed by atoms with van der Waals surface area (Å²) in [6, 6.07) is 15.5. The highest BCUT2D eigenvalue weighted by molar-refractivity contribution is 6.42. The van der Waals surface area contributed by atoms with Gasteiger partial charge in [0.05, 0.1) is 16.2 Å². The zero-order valence-electron chi connectivity index (χ0n) is 16.4. The molecular formula is C22H17Cl2N5O2. The summed E-state index contributed by atoms with van der Waals surface area (Å²) in [5, 5.41) is 11.5. The normalized spacial score (nSPS) is 10.8. The summed E-state index contributed by atoms with van der Waals surface area (Å²) in [5.41, 5.74) is 2.36. The Hall–Kier alpha value is -3.42. The summed E-state index contributed by atoms with van der Waals surface area (Å²) < 4.78 is 1.53. The molecule has 31 heavy (non-hydrogen) atoms. The fraction of sp³-hybridized carbons (Fsp3) is 0.0909. The molecule has 2 N–H and O–H groups in total. The van der Waals surface area contributed by atoms with E-state index in [4.69, 9.17) is 23.2 Å². The number of carbonyl (C=O) groups excluding carboxylic acids is 2. The maximum Gasteiger partial charge on any atom is 0.256 e. The minimum absolute atomic E-state index is 0.108. The van der Waals surface area contributed by atoms with Crippen molar-refractivity contribution >= 4 is 52.2 Å². The standard InChI is InChI=1S/C22H17Cl2N5O2/c1-13(30)15-3-2-4-16(10-15)22(31)27-21-12-26-20-8-7-19(28-29(20)21)25-11-14-5-6-17(23)18(24)9-14/h2-10,12H,11H2,1H3,(H,25,28)(H,27,31). The lowest BCUT2D eigenvalue weighted by Gasteiger charge is -2.09. The topological polar surface area (TPSA) is 88.4 Å². The van der Waals surface area contributed by atoms with Crippen LogP contribution < -0.4 is 10.6 Å². The van der Waals surface area contributed by atoms with Gasteiger partial charge in [-0.3, -0.25) is 9.59 Å². The van der Waals surface area contributed by atoms with E-state index >= 15 is 0 Å². The Morgan fingerprint density at radius 3 is 2.58 bits per heavy atom. The van der Waals surface area contributed by atoms with Crippen molar-refractivity contribution in [3.05, 3.63) is 87.5 Å². The molecular weight excluding hydrogens is 437 g/mol. The fourth-order valence-corrected chi connectivity index (χ4v) is 3.28. The van der Waals surface area contributed by atoms with Crippen LogP contribution in [0.4, 0.5) is 11.6 Å². The van der Waals surface area contributed by atoms with E-state index in [0.717, 1.165) is 5.56 Å². The van der Waals surface area contributed by atoms with Crippen LogP contribution in [0.3, 0.4) is 0 Å². The summed E-state index contributed by atoms with van der Waals surface area (Å²) in [4.78, 5) is 28.5. The van der Waals surface area contributed by atoms with Crippen molar-refractivity contribution in [1.82, 2.24) is 14.6 Å². The molecule has 4 aromatic rings. The number of aromatic nitrogens is 3. The van der Waals surface area contributed by atoms with Gasteiger partial charge < -0.3 is 10.6 Å². The van der Waals surface area contributed by atoms with Crippen molar-refractivity contribution in [1.29, 1.82) is 0 Å². The number of halogens is 2. The van der Waals surface area contributed by atoms with Crippen LogP contribution in [0, 0.1) is 0 Å². The number of carbonyl (C=O) groups is 2. The molecule has 2 aromatic heterocycles. The number of ketones is 1. The molecule has 0 aliphatic carbocycles. The van der Waals surface area contributed by atoms with Crippen LogP contribution in [0.2, 0.25) is 10.0 Å². The number of fused-ring (bicyclic) bond motifs is 1. The third-order valence-corrected chi connectivity index (χ3v) is 5.33. The van der Waals surface area contributed by atoms with Gasteiger partial charge in [0.1, 0.15) is 5.82 Å². The van der Waals surface area contributed by atoms with E-state index in [1.54, 1.807) is 48.5 Å². The zero-order valence-corrected chi connectivity index (χ0v) is 17.9. The van der Waals surface area contributed by atoms with Gasteiger partial charge in [-0.05, 0) is 48.9 Å². The van der Waals surface area contributed by atoms with E-state index < -0.39 is 0 Å². The summed E-state index contributed by atoms with van der Waals surface area (Å²) in [7, 11) is 0. The number of hydrogen-bond donors (Lipinski definition) is 2. The lowest BCUT2D eigenvalue weighted by atomic mass is 10.1. The largest absolute Gasteiger partial charge is 0.365 e. The third kappa shape index (κ3) is 4.68. The minimum atomic E-state index is -0.360. The van der Waals surface area contributed by atoms with Crippen molar-refractivity contribution in [2.75, 3.05) is 10.6 Å². The first-order valence-corrected chi connectivity index (χ1v) is 10.1. The third-order valence-electron chi connectivity index (χ3n) is 4.59. The van der Waals surface area contributed by atoms with Crippen molar-refractivity contribution in [3.8, 4) is 0 Å². The molecule has 0 aliphatic rings. The van der Waals surface area contributed by atoms with E-state index in [1.165, 1.54) is 17.6 Å². The maximum absolute atomic E-state index is 12.7. The number of nitrogens with one attached hydrogen (secondary N) is 2. The zero-order chi connectivity index (χ0) is 22.0. The first kappa shape index (κ1) is 20.8. The van der Waals surface area contributed by atoms with E-state index in [-0.39, 0.29) is 11.7 Å². The molecule has 7 nitrogen and oxygen atoms in total. The van der Waals surface area contributed by atoms with Gasteiger partial charge in [0.25, 0.3) is 5.91 Å². The molecule has 0 fully saturated rings. The average Bonchev–Trinajstić information content (AvgIpc) is 3.16. The van der Waals surface area contributed by atoms with Crippen LogP contribution in [0.5, 0.6) is 0 Å². The smallest absolute Gasteiger partial charge is 0.256 e. The highest BCUT2D eigenvalue weighted by atomic mass is 35.5. The Bertz CT molecular complexity index is 1300. The molecule has 0 saturated carbocycles. The highest BCUT2D eigenvalue weighted by Crippen LogP contribution is 2.23. The first-order valence-electron chi connectivity index (χ1n) is 9.35. The second kappa shape index (κ2) is 8.75. The van der Waals surface area contributed by atoms with Crippen LogP contribution in [0.25, 0.3) is 5.65 Å². The number of rotatable bonds is 6. The predicted molar refractivity (Wildman–Crippen MR) is 121 cm³/mol. The number of Topliss-reactive ketones (excluding diaryl/α,β-unsaturated/α-hetero) is 1. The van der Waals surface area contributed by atoms with Gasteiger partial charge in [-0.1, -0.05) is 41.4 Å². The van der Waals surface area contributed by atoms with Gasteiger partial charge in [-0.25, -0.2) is 4.98 Å². The number of benzene rings is 2. The van der Waals surface area contributed by atoms with Crippen molar-refractivity contribution < 1.29 is 9.59 Å². The number of imidazole rings is 1. The monoisotopic (exact) mass is 453 g/mol. The van der Waals surface area contributed by atoms with Gasteiger partial charge >= 0.3 is 0 Å². The molecule has 0 unspecified atom stereocenters. The van der Waals surface area contributed by atoms with Crippen LogP contribution in [0.15, 0.2) is 60.8 Å². The molecule has 4 rings (SSSR count). The van der Waals surface area contributed by atoms with Crippen molar-refractivity contribution in [2.24, 2.45) is 0 Å². The predicted octanol–water partition coefficient (Wildman–Crippen LogP) is 5.10. The Morgan fingerprint density at radius 1 is 1.00 bits per heavy atom. The summed E-state index contributed by atoms with van der Waals surface area (Å²) in [5.74, 6) is 0.529. The first-order chi connectivity index (χ1) is 14.9. The maximum atomic E-state index is 12.7. The van der Waals surface area contributed by atoms with Gasteiger partial charge in [-0.2, -0.15) is 4.52 Å². The molecule has 156 valence electrons. The quantitative estimate of drug-likeness (QED) is 0.396. The summed E-state index contributed by atoms with van der Waals surface area (Å²) in [6.45, 7) is 1.95. The van der Waals surface area contributed by atoms with Gasteiger partial charge in [-0.15, -0.1) is 5.10 Å². The molecule has 2 heterocycles. The molecule has 0 saturated heterocycles. The Morgan fingerprint density at radius 2 is 1.81 bits per heavy atom. The Kier molecular flexibility index (Phi) is 5.88. The van der Waals surface area contributed by atoms with E-state index in [1.807, 2.05) is 6.07 Å². The van der Waals surface area contributed by atoms with Crippen molar-refractivity contribution in [2.45, 2.75) is 13.5 Å². The van der Waals surface area contributed by atoms with Gasteiger partial charge in [0.2, 0.25) is 0 Å². The van der Waals surface area contributed by atoms with Crippen LogP contribution in [-0.4, -0.2) is 26.3 Å². The highest BCUT2D eigenvalue weighted by Gasteiger charge is 2.12. The SMILES string of the molecule is CC(=O)c1cccc(C(=O)Nc2cnc3ccc(NCc4ccc(Cl)c(Cl)c4)nn23)c1. The lowest BCUT2D eigenvalue weighted by Crippen LogP contribution is -2.15. The molecule has 9 heteroatoms. The van der Waals surface area contributed by atoms with E-state index in [0.29, 0.717) is 45.0 Å². The fourth-order valence-electron chi connectivity index (χ4n) is 2.96. The second-order valence-corrected chi connectivity index (χ2v) is 7.64. The minimum Gasteiger partial charge on any atom is -0.365 e. The summed E-state index contributed by atoms with van der Waals surface area (Å²) in [6.07, 6.45) is 1.53. The van der Waals surface area contributed by atoms with Crippen LogP contribution in [-0.2, 0) is 6.54 Å².